The van der Waals surface area contributed by atoms with Crippen molar-refractivity contribution in [3.05, 3.63) is 52.6 Å². The second-order valence-corrected chi connectivity index (χ2v) is 6.55. The Morgan fingerprint density at radius 3 is 2.96 bits per heavy atom. The van der Waals surface area contributed by atoms with E-state index in [-0.39, 0.29) is 18.4 Å². The van der Waals surface area contributed by atoms with Crippen molar-refractivity contribution in [2.75, 3.05) is 11.9 Å². The smallest absolute Gasteiger partial charge is 0.249 e. The Morgan fingerprint density at radius 2 is 2.33 bits per heavy atom. The Kier molecular flexibility index (Phi) is 6.24. The first-order valence-electron chi connectivity index (χ1n) is 7.55. The van der Waals surface area contributed by atoms with Crippen LogP contribution in [0.2, 0.25) is 0 Å². The molecule has 0 spiro atoms. The molecule has 0 saturated heterocycles. The van der Waals surface area contributed by atoms with Gasteiger partial charge in [-0.2, -0.15) is 5.26 Å². The van der Waals surface area contributed by atoms with Gasteiger partial charge >= 0.3 is 0 Å². The van der Waals surface area contributed by atoms with E-state index in [9.17, 15) is 15.2 Å². The third kappa shape index (κ3) is 4.07. The molecule has 2 rings (SSSR count). The van der Waals surface area contributed by atoms with Crippen LogP contribution >= 0.6 is 11.3 Å². The minimum Gasteiger partial charge on any atom is -0.396 e. The maximum atomic E-state index is 12.1. The van der Waals surface area contributed by atoms with Crippen molar-refractivity contribution in [2.45, 2.75) is 19.3 Å². The number of carbonyl (C=O) groups is 1. The summed E-state index contributed by atoms with van der Waals surface area (Å²) in [5.74, 6) is -0.0848. The number of nitriles is 1. The molecule has 0 aromatic carbocycles. The van der Waals surface area contributed by atoms with Crippen LogP contribution < -0.4 is 5.32 Å². The van der Waals surface area contributed by atoms with Gasteiger partial charge in [0, 0.05) is 23.8 Å². The quantitative estimate of drug-likeness (QED) is 0.474. The molecule has 1 atom stereocenters. The fraction of sp³-hybridized carbons (Fsp3) is 0.278. The zero-order chi connectivity index (χ0) is 17.5. The number of amides is 1. The zero-order valence-electron chi connectivity index (χ0n) is 13.3. The van der Waals surface area contributed by atoms with Crippen molar-refractivity contribution in [3.8, 4) is 6.07 Å². The van der Waals surface area contributed by atoms with E-state index in [0.717, 1.165) is 29.7 Å². The van der Waals surface area contributed by atoms with Gasteiger partial charge in [0.1, 0.15) is 11.1 Å². The molecule has 2 N–H and O–H groups in total. The van der Waals surface area contributed by atoms with E-state index >= 15 is 0 Å². The van der Waals surface area contributed by atoms with Crippen LogP contribution in [-0.4, -0.2) is 24.3 Å². The lowest BCUT2D eigenvalue weighted by molar-refractivity contribution is -0.111. The summed E-state index contributed by atoms with van der Waals surface area (Å²) in [5, 5.41) is 22.1. The number of nitrogens with zero attached hydrogens (tertiary/aromatic N) is 2. The number of thiophene rings is 1. The molecule has 0 saturated carbocycles. The Bertz CT molecular complexity index is 753. The molecule has 0 radical (unpaired) electrons. The summed E-state index contributed by atoms with van der Waals surface area (Å²) in [5.41, 5.74) is 2.21. The van der Waals surface area contributed by atoms with Gasteiger partial charge in [-0.1, -0.05) is 12.7 Å². The van der Waals surface area contributed by atoms with Gasteiger partial charge in [-0.05, 0) is 49.1 Å². The third-order valence-electron chi connectivity index (χ3n) is 3.88. The van der Waals surface area contributed by atoms with Crippen molar-refractivity contribution < 1.29 is 9.90 Å². The number of aliphatic hydroxyl groups excluding tert-OH is 1. The minimum absolute atomic E-state index is 0.150. The number of allylic oxidation sites excluding steroid dienone is 3. The molecule has 1 aliphatic rings. The largest absolute Gasteiger partial charge is 0.396 e. The first kappa shape index (κ1) is 17.9. The molecule has 1 aliphatic carbocycles. The number of fused-ring (bicyclic) bond motifs is 1. The highest BCUT2D eigenvalue weighted by Crippen LogP contribution is 2.39. The summed E-state index contributed by atoms with van der Waals surface area (Å²) in [4.78, 5) is 16.8. The second kappa shape index (κ2) is 8.39. The van der Waals surface area contributed by atoms with Crippen LogP contribution in [0.1, 0.15) is 22.4 Å². The molecule has 1 unspecified atom stereocenters. The van der Waals surface area contributed by atoms with Crippen molar-refractivity contribution in [1.29, 1.82) is 5.26 Å². The maximum Gasteiger partial charge on any atom is 0.249 e. The fourth-order valence-electron chi connectivity index (χ4n) is 2.61. The van der Waals surface area contributed by atoms with Crippen molar-refractivity contribution in [2.24, 2.45) is 10.9 Å². The lowest BCUT2D eigenvalue weighted by Crippen LogP contribution is -2.16. The van der Waals surface area contributed by atoms with Gasteiger partial charge in [-0.25, -0.2) is 0 Å². The molecule has 24 heavy (non-hydrogen) atoms. The molecule has 5 nitrogen and oxygen atoms in total. The molecule has 1 aromatic heterocycles. The van der Waals surface area contributed by atoms with E-state index in [0.29, 0.717) is 16.1 Å². The van der Waals surface area contributed by atoms with Gasteiger partial charge in [0.25, 0.3) is 0 Å². The number of anilines is 1. The van der Waals surface area contributed by atoms with Crippen LogP contribution in [0, 0.1) is 17.2 Å². The fourth-order valence-corrected chi connectivity index (χ4v) is 3.93. The molecular weight excluding hydrogens is 322 g/mol. The average molecular weight is 341 g/mol. The highest BCUT2D eigenvalue weighted by Gasteiger charge is 2.25. The Hall–Kier alpha value is -2.49. The van der Waals surface area contributed by atoms with E-state index in [1.807, 2.05) is 0 Å². The average Bonchev–Trinajstić information content (AvgIpc) is 2.94. The minimum atomic E-state index is -0.319. The summed E-state index contributed by atoms with van der Waals surface area (Å²) < 4.78 is 0. The van der Waals surface area contributed by atoms with E-state index in [1.165, 1.54) is 23.6 Å². The van der Waals surface area contributed by atoms with E-state index < -0.39 is 0 Å². The summed E-state index contributed by atoms with van der Waals surface area (Å²) in [6.07, 6.45) is 8.40. The number of hydrogen-bond donors (Lipinski definition) is 2. The van der Waals surface area contributed by atoms with Crippen molar-refractivity contribution >= 4 is 29.0 Å². The normalized spacial score (nSPS) is 17.2. The van der Waals surface area contributed by atoms with E-state index in [1.54, 1.807) is 12.2 Å². The van der Waals surface area contributed by atoms with Gasteiger partial charge in [0.05, 0.1) is 5.56 Å². The highest BCUT2D eigenvalue weighted by atomic mass is 32.1. The predicted octanol–water partition coefficient (Wildman–Crippen LogP) is 2.98. The summed E-state index contributed by atoms with van der Waals surface area (Å²) in [6.45, 7) is 7.13. The molecule has 124 valence electrons. The third-order valence-corrected chi connectivity index (χ3v) is 5.05. The monoisotopic (exact) mass is 341 g/mol. The molecule has 0 aliphatic heterocycles. The molecule has 0 bridgehead atoms. The van der Waals surface area contributed by atoms with Crippen LogP contribution in [0.15, 0.2) is 41.6 Å². The molecule has 0 fully saturated rings. The van der Waals surface area contributed by atoms with Crippen molar-refractivity contribution in [1.82, 2.24) is 0 Å². The van der Waals surface area contributed by atoms with Crippen molar-refractivity contribution in [3.63, 3.8) is 0 Å². The molecule has 6 heteroatoms. The number of hydrogen-bond acceptors (Lipinski definition) is 5. The standard InChI is InChI=1S/C18H19N3O2S/c1-3-12(10-20-2)5-7-17(23)21-18-15(9-19)14-6-4-13(11-22)8-16(14)24-18/h3,5,7,10,13,22H,1-2,4,6,8,11H2,(H,21,23)/b7-5+,12-10+. The Morgan fingerprint density at radius 1 is 1.54 bits per heavy atom. The second-order valence-electron chi connectivity index (χ2n) is 5.45. The summed E-state index contributed by atoms with van der Waals surface area (Å²) >= 11 is 1.42. The first-order chi connectivity index (χ1) is 11.6. The lowest BCUT2D eigenvalue weighted by Gasteiger charge is -2.19. The molecular formula is C18H19N3O2S. The van der Waals surface area contributed by atoms with Gasteiger partial charge in [-0.15, -0.1) is 11.3 Å². The van der Waals surface area contributed by atoms with Crippen LogP contribution in [0.3, 0.4) is 0 Å². The van der Waals surface area contributed by atoms with E-state index in [4.69, 9.17) is 0 Å². The first-order valence-corrected chi connectivity index (χ1v) is 8.37. The summed E-state index contributed by atoms with van der Waals surface area (Å²) in [6, 6.07) is 2.20. The number of nitrogens with one attached hydrogen (secondary N) is 1. The van der Waals surface area contributed by atoms with Crippen LogP contribution in [0.5, 0.6) is 0 Å². The topological polar surface area (TPSA) is 85.5 Å². The van der Waals surface area contributed by atoms with Crippen LogP contribution in [0.25, 0.3) is 0 Å². The molecule has 1 aromatic rings. The van der Waals surface area contributed by atoms with Crippen LogP contribution in [-0.2, 0) is 17.6 Å². The SMILES string of the molecule is C=CC(/C=C/C(=O)Nc1sc2c(c1C#N)CCC(CO)C2)=C\N=C. The Labute approximate surface area is 145 Å². The van der Waals surface area contributed by atoms with E-state index in [2.05, 4.69) is 29.7 Å². The number of rotatable bonds is 6. The zero-order valence-corrected chi connectivity index (χ0v) is 14.1. The Balaban J connectivity index is 2.17. The maximum absolute atomic E-state index is 12.1. The number of aliphatic hydroxyl groups is 1. The lowest BCUT2D eigenvalue weighted by atomic mass is 9.88. The molecule has 1 heterocycles. The van der Waals surface area contributed by atoms with Gasteiger partial charge < -0.3 is 10.4 Å². The van der Waals surface area contributed by atoms with Gasteiger partial charge in [0.2, 0.25) is 5.91 Å². The van der Waals surface area contributed by atoms with Crippen LogP contribution in [0.4, 0.5) is 5.00 Å². The summed E-state index contributed by atoms with van der Waals surface area (Å²) in [7, 11) is 0. The highest BCUT2D eigenvalue weighted by molar-refractivity contribution is 7.16. The van der Waals surface area contributed by atoms with Gasteiger partial charge in [0.15, 0.2) is 0 Å². The number of carbonyl (C=O) groups excluding carboxylic acids is 1. The molecule has 1 amide bonds. The van der Waals surface area contributed by atoms with Gasteiger partial charge in [-0.3, -0.25) is 9.79 Å². The number of aliphatic imine (C=N–C) groups is 1. The predicted molar refractivity (Wildman–Crippen MR) is 97.2 cm³/mol.